The molecule has 206 valence electrons. The smallest absolute Gasteiger partial charge is 0.444 e. The van der Waals surface area contributed by atoms with Crippen molar-refractivity contribution in [1.82, 2.24) is 10.2 Å². The number of nitrogens with one attached hydrogen (secondary N) is 1. The SMILES string of the molecule is CC(C)(C)OC(=O)NCC1CCN1C(=O)C(S[C-]=Nc1cc2ccccc2cc1[C-]=O)c1ccccc1.[CH2-]C.[Li+]. The van der Waals surface area contributed by atoms with Gasteiger partial charge in [0.15, 0.2) is 0 Å². The summed E-state index contributed by atoms with van der Waals surface area (Å²) in [5.74, 6) is -0.0816. The van der Waals surface area contributed by atoms with Gasteiger partial charge in [-0.2, -0.15) is 13.0 Å². The number of carbonyl (C=O) groups is 2. The summed E-state index contributed by atoms with van der Waals surface area (Å²) in [5, 5.41) is 4.07. The Morgan fingerprint density at radius 1 is 1.10 bits per heavy atom. The van der Waals surface area contributed by atoms with Crippen molar-refractivity contribution in [3.05, 3.63) is 84.8 Å². The predicted octanol–water partition coefficient (Wildman–Crippen LogP) is 3.28. The molecule has 3 aromatic rings. The van der Waals surface area contributed by atoms with Crippen molar-refractivity contribution in [2.45, 2.75) is 51.0 Å². The van der Waals surface area contributed by atoms with Gasteiger partial charge in [0, 0.05) is 13.1 Å². The van der Waals surface area contributed by atoms with Crippen LogP contribution in [0.15, 0.2) is 71.7 Å². The topological polar surface area (TPSA) is 88.1 Å². The summed E-state index contributed by atoms with van der Waals surface area (Å²) in [6.45, 7) is 11.3. The Bertz CT molecular complexity index is 1310. The first-order valence-corrected chi connectivity index (χ1v) is 13.7. The molecule has 0 aromatic heterocycles. The number of carbonyl (C=O) groups excluding carboxylic acids is 3. The van der Waals surface area contributed by atoms with Gasteiger partial charge in [-0.3, -0.25) is 4.79 Å². The van der Waals surface area contributed by atoms with Gasteiger partial charge in [0.2, 0.25) is 5.91 Å². The molecule has 1 saturated heterocycles. The zero-order valence-electron chi connectivity index (χ0n) is 23.8. The summed E-state index contributed by atoms with van der Waals surface area (Å²) in [6, 6.07) is 20.6. The maximum atomic E-state index is 13.6. The van der Waals surface area contributed by atoms with Gasteiger partial charge >= 0.3 is 25.0 Å². The largest absolute Gasteiger partial charge is 1.00 e. The van der Waals surface area contributed by atoms with Crippen LogP contribution in [-0.2, 0) is 14.3 Å². The number of aliphatic imine (C=N–C) groups is 1. The number of rotatable bonds is 8. The van der Waals surface area contributed by atoms with Gasteiger partial charge < -0.3 is 31.7 Å². The fourth-order valence-electron chi connectivity index (χ4n) is 4.03. The number of nitrogens with zero attached hydrogens (tertiary/aromatic N) is 2. The number of thioether (sulfide) groups is 1. The normalized spacial score (nSPS) is 15.2. The summed E-state index contributed by atoms with van der Waals surface area (Å²) in [7, 11) is 0. The van der Waals surface area contributed by atoms with Gasteiger partial charge in [-0.1, -0.05) is 71.7 Å². The molecule has 9 heteroatoms. The summed E-state index contributed by atoms with van der Waals surface area (Å²) in [5.41, 5.74) is 3.96. The second-order valence-electron chi connectivity index (χ2n) is 9.79. The third kappa shape index (κ3) is 8.99. The van der Waals surface area contributed by atoms with E-state index in [1.165, 1.54) is 0 Å². The minimum absolute atomic E-state index is 0. The number of fused-ring (bicyclic) bond motifs is 1. The van der Waals surface area contributed by atoms with Gasteiger partial charge in [0.05, 0.1) is 17.6 Å². The second-order valence-corrected chi connectivity index (χ2v) is 10.7. The minimum Gasteiger partial charge on any atom is -0.444 e. The first-order chi connectivity index (χ1) is 18.7. The van der Waals surface area contributed by atoms with Crippen molar-refractivity contribution in [2.75, 3.05) is 13.1 Å². The van der Waals surface area contributed by atoms with Crippen molar-refractivity contribution in [1.29, 1.82) is 0 Å². The van der Waals surface area contributed by atoms with Crippen LogP contribution in [0.3, 0.4) is 0 Å². The molecule has 0 spiro atoms. The van der Waals surface area contributed by atoms with Gasteiger partial charge in [-0.05, 0) is 38.1 Å². The van der Waals surface area contributed by atoms with E-state index in [0.29, 0.717) is 24.3 Å². The van der Waals surface area contributed by atoms with Crippen molar-refractivity contribution in [2.24, 2.45) is 4.99 Å². The molecule has 1 fully saturated rings. The molecule has 1 heterocycles. The molecule has 40 heavy (non-hydrogen) atoms. The first kappa shape index (κ1) is 33.2. The zero-order valence-corrected chi connectivity index (χ0v) is 24.6. The van der Waals surface area contributed by atoms with Crippen LogP contribution >= 0.6 is 11.8 Å². The Labute approximate surface area is 253 Å². The van der Waals surface area contributed by atoms with Crippen LogP contribution in [0.25, 0.3) is 10.8 Å². The van der Waals surface area contributed by atoms with E-state index >= 15 is 0 Å². The van der Waals surface area contributed by atoms with Gasteiger partial charge in [-0.15, -0.1) is 11.1 Å². The van der Waals surface area contributed by atoms with E-state index in [0.717, 1.165) is 34.5 Å². The van der Waals surface area contributed by atoms with E-state index in [2.05, 4.69) is 22.8 Å². The van der Waals surface area contributed by atoms with E-state index in [1.807, 2.05) is 66.9 Å². The number of alkyl carbamates (subject to hydrolysis) is 1. The molecule has 2 atom stereocenters. The van der Waals surface area contributed by atoms with E-state index < -0.39 is 16.9 Å². The molecule has 0 radical (unpaired) electrons. The van der Waals surface area contributed by atoms with Crippen molar-refractivity contribution in [3.8, 4) is 0 Å². The molecule has 7 nitrogen and oxygen atoms in total. The third-order valence-electron chi connectivity index (χ3n) is 5.95. The zero-order chi connectivity index (χ0) is 28.4. The van der Waals surface area contributed by atoms with Crippen molar-refractivity contribution < 1.29 is 38.0 Å². The average Bonchev–Trinajstić information content (AvgIpc) is 2.90. The van der Waals surface area contributed by atoms with Gasteiger partial charge in [0.1, 0.15) is 5.60 Å². The molecule has 1 aliphatic rings. The Kier molecular flexibility index (Phi) is 13.0. The molecule has 0 saturated carbocycles. The predicted molar refractivity (Wildman–Crippen MR) is 158 cm³/mol. The Hall–Kier alpha value is -3.05. The molecule has 2 unspecified atom stereocenters. The van der Waals surface area contributed by atoms with E-state index in [4.69, 9.17) is 4.74 Å². The number of likely N-dealkylation sites (tertiary alicyclic amines) is 1. The number of hydrogen-bond donors (Lipinski definition) is 1. The van der Waals surface area contributed by atoms with E-state index in [9.17, 15) is 14.4 Å². The maximum Gasteiger partial charge on any atom is 1.00 e. The fourth-order valence-corrected chi connectivity index (χ4v) is 4.81. The maximum absolute atomic E-state index is 13.6. The third-order valence-corrected chi connectivity index (χ3v) is 6.85. The quantitative estimate of drug-likeness (QED) is 0.201. The molecule has 1 N–H and O–H groups in total. The van der Waals surface area contributed by atoms with Crippen LogP contribution in [0.4, 0.5) is 10.5 Å². The molecular weight excluding hydrogens is 517 g/mol. The van der Waals surface area contributed by atoms with Crippen LogP contribution < -0.4 is 24.2 Å². The van der Waals surface area contributed by atoms with Crippen molar-refractivity contribution >= 4 is 52.1 Å². The minimum atomic E-state index is -0.587. The summed E-state index contributed by atoms with van der Waals surface area (Å²) in [6.07, 6.45) is 2.24. The molecule has 4 rings (SSSR count). The molecule has 0 bridgehead atoms. The molecule has 0 aliphatic carbocycles. The monoisotopic (exact) mass is 551 g/mol. The molecule has 2 amide bonds. The van der Waals surface area contributed by atoms with Gasteiger partial charge in [0.25, 0.3) is 0 Å². The number of ether oxygens (including phenoxy) is 1. The Morgan fingerprint density at radius 3 is 2.30 bits per heavy atom. The number of hydrogen-bond acceptors (Lipinski definition) is 6. The van der Waals surface area contributed by atoms with E-state index in [1.54, 1.807) is 38.7 Å². The summed E-state index contributed by atoms with van der Waals surface area (Å²) in [4.78, 5) is 43.3. The number of benzene rings is 3. The molecule has 1 aliphatic heterocycles. The van der Waals surface area contributed by atoms with Gasteiger partial charge in [-0.25, -0.2) is 16.6 Å². The summed E-state index contributed by atoms with van der Waals surface area (Å²) < 4.78 is 5.30. The van der Waals surface area contributed by atoms with Crippen LogP contribution in [0.5, 0.6) is 0 Å². The van der Waals surface area contributed by atoms with Crippen molar-refractivity contribution in [3.63, 3.8) is 0 Å². The van der Waals surface area contributed by atoms with E-state index in [-0.39, 0.29) is 30.8 Å². The Morgan fingerprint density at radius 2 is 1.73 bits per heavy atom. The summed E-state index contributed by atoms with van der Waals surface area (Å²) >= 11 is 1.16. The van der Waals surface area contributed by atoms with Crippen LogP contribution in [0.2, 0.25) is 0 Å². The van der Waals surface area contributed by atoms with Crippen LogP contribution in [0, 0.1) is 6.92 Å². The number of amides is 2. The standard InChI is InChI=1S/C29H29N3O4S.C2H5.Li/c1-29(2,3)36-28(35)30-17-24-13-14-32(24)27(34)26(20-9-5-4-6-10-20)37-19-31-25-16-22-12-8-7-11-21(22)15-23(25)18-33;1-2;/h4-12,15-16,24,26H,13-14,17H2,1-3H3,(H,30,35);1H2,2H3;/q-2;-1;+1. The van der Waals surface area contributed by atoms with Crippen LogP contribution in [-0.4, -0.2) is 53.5 Å². The van der Waals surface area contributed by atoms with Crippen LogP contribution in [0.1, 0.15) is 50.5 Å². The second kappa shape index (κ2) is 15.7. The molecule has 3 aromatic carbocycles. The first-order valence-electron chi connectivity index (χ1n) is 12.8. The average molecular weight is 552 g/mol. The Balaban J connectivity index is 0.00000183. The fraction of sp³-hybridized carbons (Fsp3) is 0.323. The molecular formula is C31H34LiN3O4S-2.